The molecule has 0 bridgehead atoms. The van der Waals surface area contributed by atoms with Crippen LogP contribution in [0.4, 0.5) is 0 Å². The summed E-state index contributed by atoms with van der Waals surface area (Å²) in [6.07, 6.45) is 3.05. The van der Waals surface area contributed by atoms with E-state index in [-0.39, 0.29) is 11.5 Å². The molecular formula is C13H16N4O. The predicted molar refractivity (Wildman–Crippen MR) is 69.1 cm³/mol. The third kappa shape index (κ3) is 2.45. The Morgan fingerprint density at radius 1 is 1.33 bits per heavy atom. The lowest BCUT2D eigenvalue weighted by molar-refractivity contribution is 0.354. The number of rotatable bonds is 5. The zero-order valence-corrected chi connectivity index (χ0v) is 10.5. The first-order valence-electron chi connectivity index (χ1n) is 5.85. The topological polar surface area (TPSA) is 60.1 Å². The first-order valence-corrected chi connectivity index (χ1v) is 5.85. The maximum Gasteiger partial charge on any atom is 0.137 e. The van der Waals surface area contributed by atoms with Gasteiger partial charge in [0.1, 0.15) is 18.7 Å². The molecule has 1 atom stereocenters. The summed E-state index contributed by atoms with van der Waals surface area (Å²) in [7, 11) is 0. The van der Waals surface area contributed by atoms with Gasteiger partial charge in [-0.1, -0.05) is 49.4 Å². The Labute approximate surface area is 106 Å². The highest BCUT2D eigenvalue weighted by Crippen LogP contribution is 2.29. The van der Waals surface area contributed by atoms with Crippen LogP contribution in [0.1, 0.15) is 19.4 Å². The van der Waals surface area contributed by atoms with Crippen LogP contribution in [0.25, 0.3) is 0 Å². The van der Waals surface area contributed by atoms with Gasteiger partial charge in [-0.25, -0.2) is 4.98 Å². The van der Waals surface area contributed by atoms with Gasteiger partial charge in [-0.3, -0.25) is 4.68 Å². The van der Waals surface area contributed by atoms with E-state index >= 15 is 0 Å². The number of aromatic nitrogens is 3. The van der Waals surface area contributed by atoms with Crippen molar-refractivity contribution in [1.29, 1.82) is 0 Å². The first kappa shape index (κ1) is 12.4. The summed E-state index contributed by atoms with van der Waals surface area (Å²) in [5, 5.41) is 7.29. The summed E-state index contributed by atoms with van der Waals surface area (Å²) in [6.45, 7) is 4.47. The molecule has 1 aromatic carbocycles. The predicted octanol–water partition coefficient (Wildman–Crippen LogP) is 2.39. The normalized spacial score (nSPS) is 13.2. The molecule has 0 aliphatic heterocycles. The van der Waals surface area contributed by atoms with E-state index in [4.69, 9.17) is 0 Å². The van der Waals surface area contributed by atoms with Crippen molar-refractivity contribution in [2.24, 2.45) is 5.18 Å². The van der Waals surface area contributed by atoms with E-state index in [0.717, 1.165) is 5.56 Å². The van der Waals surface area contributed by atoms with E-state index in [2.05, 4.69) is 15.3 Å². The van der Waals surface area contributed by atoms with Crippen LogP contribution in [0.5, 0.6) is 0 Å². The number of benzene rings is 1. The Balaban J connectivity index is 2.23. The SMILES string of the molecule is CC(C)(c1ccccc1)C(Cn1cncn1)N=O. The van der Waals surface area contributed by atoms with Gasteiger partial charge in [0, 0.05) is 5.41 Å². The van der Waals surface area contributed by atoms with Gasteiger partial charge >= 0.3 is 0 Å². The van der Waals surface area contributed by atoms with Crippen LogP contribution in [0, 0.1) is 4.91 Å². The highest BCUT2D eigenvalue weighted by molar-refractivity contribution is 5.25. The van der Waals surface area contributed by atoms with Crippen LogP contribution < -0.4 is 0 Å². The molecule has 0 fully saturated rings. The van der Waals surface area contributed by atoms with Gasteiger partial charge in [-0.15, -0.1) is 0 Å². The first-order chi connectivity index (χ1) is 8.64. The van der Waals surface area contributed by atoms with Gasteiger partial charge in [0.2, 0.25) is 0 Å². The molecule has 5 heteroatoms. The van der Waals surface area contributed by atoms with E-state index in [1.807, 2.05) is 44.2 Å². The summed E-state index contributed by atoms with van der Waals surface area (Å²) in [5.41, 5.74) is 0.754. The molecule has 0 aliphatic carbocycles. The summed E-state index contributed by atoms with van der Waals surface area (Å²) in [6, 6.07) is 9.53. The molecule has 0 spiro atoms. The summed E-state index contributed by atoms with van der Waals surface area (Å²) >= 11 is 0. The average molecular weight is 244 g/mol. The largest absolute Gasteiger partial charge is 0.251 e. The van der Waals surface area contributed by atoms with E-state index in [9.17, 15) is 4.91 Å². The Hall–Kier alpha value is -2.04. The van der Waals surface area contributed by atoms with Crippen LogP contribution in [0.15, 0.2) is 48.2 Å². The van der Waals surface area contributed by atoms with Crippen molar-refractivity contribution < 1.29 is 0 Å². The number of hydrogen-bond acceptors (Lipinski definition) is 4. The van der Waals surface area contributed by atoms with Crippen molar-refractivity contribution in [1.82, 2.24) is 14.8 Å². The molecule has 1 aromatic heterocycles. The van der Waals surface area contributed by atoms with Crippen LogP contribution in [-0.2, 0) is 12.0 Å². The van der Waals surface area contributed by atoms with Crippen molar-refractivity contribution in [2.45, 2.75) is 31.8 Å². The number of nitroso groups, excluding NO2 is 1. The molecule has 0 saturated heterocycles. The molecule has 1 unspecified atom stereocenters. The molecule has 94 valence electrons. The molecule has 0 amide bonds. The second-order valence-electron chi connectivity index (χ2n) is 4.83. The van der Waals surface area contributed by atoms with Crippen LogP contribution in [-0.4, -0.2) is 20.8 Å². The molecule has 0 aliphatic rings. The highest BCUT2D eigenvalue weighted by Gasteiger charge is 2.32. The minimum absolute atomic E-state index is 0.338. The molecule has 5 nitrogen and oxygen atoms in total. The Kier molecular flexibility index (Phi) is 3.50. The van der Waals surface area contributed by atoms with Gasteiger partial charge in [-0.2, -0.15) is 10.0 Å². The molecule has 2 aromatic rings. The third-order valence-electron chi connectivity index (χ3n) is 3.30. The fourth-order valence-electron chi connectivity index (χ4n) is 1.96. The highest BCUT2D eigenvalue weighted by atomic mass is 16.3. The molecule has 18 heavy (non-hydrogen) atoms. The second-order valence-corrected chi connectivity index (χ2v) is 4.83. The van der Waals surface area contributed by atoms with Crippen molar-refractivity contribution in [3.8, 4) is 0 Å². The number of nitrogens with zero attached hydrogens (tertiary/aromatic N) is 4. The quantitative estimate of drug-likeness (QED) is 0.759. The fraction of sp³-hybridized carbons (Fsp3) is 0.385. The monoisotopic (exact) mass is 244 g/mol. The van der Waals surface area contributed by atoms with E-state index < -0.39 is 0 Å². The second kappa shape index (κ2) is 5.08. The van der Waals surface area contributed by atoms with Crippen LogP contribution >= 0.6 is 0 Å². The maximum absolute atomic E-state index is 11.1. The fourth-order valence-corrected chi connectivity index (χ4v) is 1.96. The zero-order valence-electron chi connectivity index (χ0n) is 10.5. The van der Waals surface area contributed by atoms with Crippen molar-refractivity contribution in [3.05, 3.63) is 53.5 Å². The van der Waals surface area contributed by atoms with Crippen molar-refractivity contribution in [2.75, 3.05) is 0 Å². The third-order valence-corrected chi connectivity index (χ3v) is 3.30. The molecule has 0 saturated carbocycles. The molecule has 0 N–H and O–H groups in total. The van der Waals surface area contributed by atoms with Gasteiger partial charge in [0.15, 0.2) is 0 Å². The average Bonchev–Trinajstić information content (AvgIpc) is 2.89. The molecule has 2 rings (SSSR count). The summed E-state index contributed by atoms with van der Waals surface area (Å²) in [5.74, 6) is 0. The minimum Gasteiger partial charge on any atom is -0.251 e. The Morgan fingerprint density at radius 2 is 2.06 bits per heavy atom. The maximum atomic E-state index is 11.1. The lowest BCUT2D eigenvalue weighted by atomic mass is 9.78. The minimum atomic E-state index is -0.387. The van der Waals surface area contributed by atoms with E-state index in [0.29, 0.717) is 6.54 Å². The Bertz CT molecular complexity index is 493. The van der Waals surface area contributed by atoms with Gasteiger partial charge in [-0.05, 0) is 5.56 Å². The lowest BCUT2D eigenvalue weighted by Gasteiger charge is -2.29. The van der Waals surface area contributed by atoms with E-state index in [1.165, 1.54) is 6.33 Å². The number of hydrogen-bond donors (Lipinski definition) is 0. The zero-order chi connectivity index (χ0) is 13.0. The van der Waals surface area contributed by atoms with Gasteiger partial charge < -0.3 is 0 Å². The van der Waals surface area contributed by atoms with Crippen LogP contribution in [0.3, 0.4) is 0 Å². The van der Waals surface area contributed by atoms with Crippen molar-refractivity contribution in [3.63, 3.8) is 0 Å². The molecular weight excluding hydrogens is 228 g/mol. The smallest absolute Gasteiger partial charge is 0.137 e. The Morgan fingerprint density at radius 3 is 2.61 bits per heavy atom. The van der Waals surface area contributed by atoms with Gasteiger partial charge in [0.25, 0.3) is 0 Å². The summed E-state index contributed by atoms with van der Waals surface area (Å²) < 4.78 is 1.64. The van der Waals surface area contributed by atoms with E-state index in [1.54, 1.807) is 11.0 Å². The lowest BCUT2D eigenvalue weighted by Crippen LogP contribution is -2.35. The standard InChI is InChI=1S/C13H16N4O/c1-13(2,11-6-4-3-5-7-11)12(16-18)8-17-10-14-9-15-17/h3-7,9-10,12H,8H2,1-2H3. The van der Waals surface area contributed by atoms with Crippen LogP contribution in [0.2, 0.25) is 0 Å². The molecule has 0 radical (unpaired) electrons. The summed E-state index contributed by atoms with van der Waals surface area (Å²) in [4.78, 5) is 15.0. The van der Waals surface area contributed by atoms with Crippen molar-refractivity contribution >= 4 is 0 Å². The molecule has 1 heterocycles. The van der Waals surface area contributed by atoms with Gasteiger partial charge in [0.05, 0.1) is 6.54 Å².